The molecule has 1 atom stereocenters. The molecule has 0 fully saturated rings. The van der Waals surface area contributed by atoms with Crippen molar-refractivity contribution in [3.63, 3.8) is 0 Å². The third kappa shape index (κ3) is 2.19. The molecule has 1 aliphatic heterocycles. The van der Waals surface area contributed by atoms with Crippen molar-refractivity contribution < 1.29 is 0 Å². The second kappa shape index (κ2) is 4.97. The van der Waals surface area contributed by atoms with Crippen LogP contribution >= 0.6 is 0 Å². The molecule has 4 heteroatoms. The summed E-state index contributed by atoms with van der Waals surface area (Å²) in [5.74, 6) is 0.782. The van der Waals surface area contributed by atoms with Gasteiger partial charge in [-0.25, -0.2) is 9.97 Å². The van der Waals surface area contributed by atoms with Crippen LogP contribution in [0.3, 0.4) is 0 Å². The van der Waals surface area contributed by atoms with Crippen LogP contribution in [0.15, 0.2) is 36.5 Å². The van der Waals surface area contributed by atoms with Gasteiger partial charge < -0.3 is 10.6 Å². The van der Waals surface area contributed by atoms with Crippen molar-refractivity contribution in [2.45, 2.75) is 19.4 Å². The van der Waals surface area contributed by atoms with Gasteiger partial charge in [0.05, 0.1) is 6.04 Å². The largest absolute Gasteiger partial charge is 0.332 e. The molecule has 0 saturated carbocycles. The Morgan fingerprint density at radius 3 is 2.95 bits per heavy atom. The van der Waals surface area contributed by atoms with Crippen molar-refractivity contribution in [3.05, 3.63) is 53.3 Å². The first-order valence-corrected chi connectivity index (χ1v) is 6.64. The molecule has 0 radical (unpaired) electrons. The van der Waals surface area contributed by atoms with Gasteiger partial charge in [-0.3, -0.25) is 0 Å². The Balaban J connectivity index is 2.00. The Bertz CT molecular complexity index is 582. The highest BCUT2D eigenvalue weighted by atomic mass is 15.3. The Labute approximate surface area is 113 Å². The highest BCUT2D eigenvalue weighted by molar-refractivity contribution is 5.44. The summed E-state index contributed by atoms with van der Waals surface area (Å²) >= 11 is 0. The number of hydrogen-bond donors (Lipinski definition) is 1. The summed E-state index contributed by atoms with van der Waals surface area (Å²) in [7, 11) is 0. The van der Waals surface area contributed by atoms with Crippen LogP contribution in [0, 0.1) is 6.92 Å². The number of nitrogens with two attached hydrogens (primary N) is 1. The maximum absolute atomic E-state index is 5.99. The monoisotopic (exact) mass is 254 g/mol. The van der Waals surface area contributed by atoms with Gasteiger partial charge in [-0.1, -0.05) is 24.3 Å². The average molecular weight is 254 g/mol. The van der Waals surface area contributed by atoms with E-state index in [4.69, 9.17) is 5.73 Å². The summed E-state index contributed by atoms with van der Waals surface area (Å²) in [5.41, 5.74) is 9.67. The topological polar surface area (TPSA) is 55.0 Å². The van der Waals surface area contributed by atoms with Crippen molar-refractivity contribution in [1.82, 2.24) is 9.97 Å². The molecule has 98 valence electrons. The minimum absolute atomic E-state index is 0.173. The predicted octanol–water partition coefficient (Wildman–Crippen LogP) is 1.85. The molecule has 2 aromatic rings. The number of aryl methyl sites for hydroxylation is 1. The minimum atomic E-state index is 0.173. The van der Waals surface area contributed by atoms with Crippen LogP contribution in [-0.2, 0) is 6.42 Å². The van der Waals surface area contributed by atoms with E-state index in [1.54, 1.807) is 0 Å². The van der Waals surface area contributed by atoms with E-state index in [1.807, 2.05) is 19.2 Å². The van der Waals surface area contributed by atoms with E-state index in [2.05, 4.69) is 39.1 Å². The van der Waals surface area contributed by atoms with Crippen LogP contribution in [0.2, 0.25) is 0 Å². The van der Waals surface area contributed by atoms with Crippen LogP contribution in [0.4, 0.5) is 5.95 Å². The van der Waals surface area contributed by atoms with Crippen molar-refractivity contribution in [2.75, 3.05) is 18.0 Å². The maximum Gasteiger partial charge on any atom is 0.226 e. The van der Waals surface area contributed by atoms with E-state index in [0.29, 0.717) is 6.54 Å². The standard InChI is InChI=1S/C15H18N4/c1-11-6-8-17-15(18-11)19-9-7-12-4-2-3-5-13(12)14(19)10-16/h2-6,8,14H,7,9-10,16H2,1H3. The number of hydrogen-bond acceptors (Lipinski definition) is 4. The third-order valence-electron chi connectivity index (χ3n) is 3.67. The fraction of sp³-hybridized carbons (Fsp3) is 0.333. The van der Waals surface area contributed by atoms with Gasteiger partial charge in [0.1, 0.15) is 0 Å². The average Bonchev–Trinajstić information content (AvgIpc) is 2.46. The van der Waals surface area contributed by atoms with Gasteiger partial charge in [0.2, 0.25) is 5.95 Å². The van der Waals surface area contributed by atoms with Crippen LogP contribution in [0.5, 0.6) is 0 Å². The molecule has 1 unspecified atom stereocenters. The van der Waals surface area contributed by atoms with E-state index in [0.717, 1.165) is 24.6 Å². The molecule has 0 spiro atoms. The van der Waals surface area contributed by atoms with E-state index in [-0.39, 0.29) is 6.04 Å². The molecule has 2 N–H and O–H groups in total. The van der Waals surface area contributed by atoms with Gasteiger partial charge in [0, 0.05) is 25.0 Å². The van der Waals surface area contributed by atoms with Crippen LogP contribution in [0.1, 0.15) is 22.9 Å². The Hall–Kier alpha value is -1.94. The number of nitrogens with zero attached hydrogens (tertiary/aromatic N) is 3. The maximum atomic E-state index is 5.99. The van der Waals surface area contributed by atoms with E-state index >= 15 is 0 Å². The second-order valence-corrected chi connectivity index (χ2v) is 4.89. The zero-order valence-corrected chi connectivity index (χ0v) is 11.1. The van der Waals surface area contributed by atoms with Crippen molar-refractivity contribution in [3.8, 4) is 0 Å². The Morgan fingerprint density at radius 1 is 1.32 bits per heavy atom. The molecule has 0 aliphatic carbocycles. The molecule has 1 aromatic carbocycles. The van der Waals surface area contributed by atoms with Crippen LogP contribution in [0.25, 0.3) is 0 Å². The summed E-state index contributed by atoms with van der Waals surface area (Å²) in [4.78, 5) is 11.1. The summed E-state index contributed by atoms with van der Waals surface area (Å²) in [6.45, 7) is 3.48. The van der Waals surface area contributed by atoms with Crippen LogP contribution < -0.4 is 10.6 Å². The molecule has 0 saturated heterocycles. The first kappa shape index (κ1) is 12.1. The molecule has 1 aliphatic rings. The predicted molar refractivity (Wildman–Crippen MR) is 76.1 cm³/mol. The lowest BCUT2D eigenvalue weighted by atomic mass is 9.93. The molecule has 3 rings (SSSR count). The van der Waals surface area contributed by atoms with Crippen molar-refractivity contribution in [1.29, 1.82) is 0 Å². The normalized spacial score (nSPS) is 18.2. The van der Waals surface area contributed by atoms with Gasteiger partial charge in [-0.05, 0) is 30.5 Å². The molecular weight excluding hydrogens is 236 g/mol. The Kier molecular flexibility index (Phi) is 3.17. The van der Waals surface area contributed by atoms with Crippen molar-refractivity contribution >= 4 is 5.95 Å². The molecule has 19 heavy (non-hydrogen) atoms. The lowest BCUT2D eigenvalue weighted by Gasteiger charge is -2.36. The highest BCUT2D eigenvalue weighted by Crippen LogP contribution is 2.31. The SMILES string of the molecule is Cc1ccnc(N2CCc3ccccc3C2CN)n1. The molecule has 1 aromatic heterocycles. The highest BCUT2D eigenvalue weighted by Gasteiger charge is 2.27. The number of fused-ring (bicyclic) bond motifs is 1. The first-order chi connectivity index (χ1) is 9.29. The zero-order valence-electron chi connectivity index (χ0n) is 11.1. The number of aromatic nitrogens is 2. The van der Waals surface area contributed by atoms with E-state index < -0.39 is 0 Å². The van der Waals surface area contributed by atoms with Gasteiger partial charge in [0.25, 0.3) is 0 Å². The number of rotatable bonds is 2. The van der Waals surface area contributed by atoms with E-state index in [9.17, 15) is 0 Å². The Morgan fingerprint density at radius 2 is 2.16 bits per heavy atom. The van der Waals surface area contributed by atoms with Gasteiger partial charge >= 0.3 is 0 Å². The van der Waals surface area contributed by atoms with Crippen LogP contribution in [-0.4, -0.2) is 23.1 Å². The van der Waals surface area contributed by atoms with Gasteiger partial charge in [-0.2, -0.15) is 0 Å². The van der Waals surface area contributed by atoms with Gasteiger partial charge in [-0.15, -0.1) is 0 Å². The smallest absolute Gasteiger partial charge is 0.226 e. The number of benzene rings is 1. The minimum Gasteiger partial charge on any atom is -0.332 e. The summed E-state index contributed by atoms with van der Waals surface area (Å²) < 4.78 is 0. The second-order valence-electron chi connectivity index (χ2n) is 4.89. The molecule has 4 nitrogen and oxygen atoms in total. The summed E-state index contributed by atoms with van der Waals surface area (Å²) in [5, 5.41) is 0. The first-order valence-electron chi connectivity index (χ1n) is 6.64. The molecular formula is C15H18N4. The quantitative estimate of drug-likeness (QED) is 0.888. The number of anilines is 1. The summed E-state index contributed by atoms with van der Waals surface area (Å²) in [6, 6.07) is 10.6. The van der Waals surface area contributed by atoms with Gasteiger partial charge in [0.15, 0.2) is 0 Å². The third-order valence-corrected chi connectivity index (χ3v) is 3.67. The lowest BCUT2D eigenvalue weighted by Crippen LogP contribution is -2.40. The molecule has 2 heterocycles. The fourth-order valence-electron chi connectivity index (χ4n) is 2.72. The van der Waals surface area contributed by atoms with Crippen molar-refractivity contribution in [2.24, 2.45) is 5.73 Å². The molecule has 0 bridgehead atoms. The van der Waals surface area contributed by atoms with E-state index in [1.165, 1.54) is 11.1 Å². The molecule has 0 amide bonds. The fourth-order valence-corrected chi connectivity index (χ4v) is 2.72. The lowest BCUT2D eigenvalue weighted by molar-refractivity contribution is 0.576. The summed E-state index contributed by atoms with van der Waals surface area (Å²) in [6.07, 6.45) is 2.83. The zero-order chi connectivity index (χ0) is 13.2.